The van der Waals surface area contributed by atoms with Crippen LogP contribution in [-0.4, -0.2) is 21.5 Å². The van der Waals surface area contributed by atoms with Crippen LogP contribution in [0.3, 0.4) is 0 Å². The molecule has 0 fully saturated rings. The average molecular weight is 255 g/mol. The molecule has 0 atom stereocenters. The summed E-state index contributed by atoms with van der Waals surface area (Å²) in [4.78, 5) is 13.1. The van der Waals surface area contributed by atoms with Gasteiger partial charge < -0.3 is 11.1 Å². The topological polar surface area (TPSA) is 76.7 Å². The molecule has 0 radical (unpaired) electrons. The molecule has 0 aromatic carbocycles. The van der Waals surface area contributed by atoms with Crippen molar-refractivity contribution in [2.24, 2.45) is 0 Å². The average Bonchev–Trinajstić information content (AvgIpc) is 2.65. The number of nitrogen functional groups attached to an aromatic ring is 1. The lowest BCUT2D eigenvalue weighted by Crippen LogP contribution is -2.10. The zero-order chi connectivity index (χ0) is 13.1. The maximum atomic E-state index is 5.80. The lowest BCUT2D eigenvalue weighted by molar-refractivity contribution is 0.777. The summed E-state index contributed by atoms with van der Waals surface area (Å²) in [5.41, 5.74) is 9.00. The largest absolute Gasteiger partial charge is 0.370 e. The highest BCUT2D eigenvalue weighted by Crippen LogP contribution is 2.24. The number of pyridine rings is 1. The van der Waals surface area contributed by atoms with E-state index in [1.165, 1.54) is 5.56 Å². The molecule has 3 N–H and O–H groups in total. The van der Waals surface area contributed by atoms with Gasteiger partial charge in [0.15, 0.2) is 0 Å². The Morgan fingerprint density at radius 3 is 3.00 bits per heavy atom. The number of hydrogen-bond acceptors (Lipinski definition) is 5. The lowest BCUT2D eigenvalue weighted by Gasteiger charge is -2.12. The van der Waals surface area contributed by atoms with Gasteiger partial charge in [-0.3, -0.25) is 4.98 Å². The fourth-order valence-electron chi connectivity index (χ4n) is 2.41. The fourth-order valence-corrected chi connectivity index (χ4v) is 2.41. The van der Waals surface area contributed by atoms with E-state index in [9.17, 15) is 0 Å². The van der Waals surface area contributed by atoms with E-state index in [1.54, 1.807) is 6.20 Å². The van der Waals surface area contributed by atoms with Crippen LogP contribution in [0.2, 0.25) is 0 Å². The van der Waals surface area contributed by atoms with Crippen molar-refractivity contribution in [2.45, 2.75) is 25.7 Å². The molecule has 5 heteroatoms. The van der Waals surface area contributed by atoms with Gasteiger partial charge in [0, 0.05) is 30.4 Å². The molecule has 0 aliphatic carbocycles. The third kappa shape index (κ3) is 2.65. The van der Waals surface area contributed by atoms with E-state index in [1.807, 2.05) is 18.2 Å². The molecule has 0 spiro atoms. The molecule has 19 heavy (non-hydrogen) atoms. The number of nitrogens with zero attached hydrogens (tertiary/aromatic N) is 3. The van der Waals surface area contributed by atoms with Crippen LogP contribution in [0, 0.1) is 0 Å². The number of nitrogens with two attached hydrogens (primary N) is 1. The van der Waals surface area contributed by atoms with E-state index in [0.717, 1.165) is 43.0 Å². The van der Waals surface area contributed by atoms with Crippen LogP contribution in [-0.2, 0) is 12.8 Å². The highest BCUT2D eigenvalue weighted by atomic mass is 15.1. The first-order valence-corrected chi connectivity index (χ1v) is 6.62. The number of hydrogen-bond donors (Lipinski definition) is 2. The zero-order valence-electron chi connectivity index (χ0n) is 10.8. The molecular formula is C14H17N5. The van der Waals surface area contributed by atoms with Crippen LogP contribution < -0.4 is 11.1 Å². The van der Waals surface area contributed by atoms with Crippen LogP contribution in [0.5, 0.6) is 0 Å². The monoisotopic (exact) mass is 255 g/mol. The standard InChI is InChI=1S/C14H17N5/c15-14-18-12(9-10-5-1-3-7-16-10)11-6-2-4-8-17-13(11)19-14/h1,3,5,7H,2,4,6,8-9H2,(H3,15,17,18,19). The predicted molar refractivity (Wildman–Crippen MR) is 74.9 cm³/mol. The molecule has 3 heterocycles. The maximum absolute atomic E-state index is 5.80. The van der Waals surface area contributed by atoms with E-state index in [2.05, 4.69) is 20.3 Å². The van der Waals surface area contributed by atoms with E-state index < -0.39 is 0 Å². The van der Waals surface area contributed by atoms with E-state index >= 15 is 0 Å². The quantitative estimate of drug-likeness (QED) is 0.855. The number of rotatable bonds is 2. The van der Waals surface area contributed by atoms with Gasteiger partial charge >= 0.3 is 0 Å². The van der Waals surface area contributed by atoms with Gasteiger partial charge in [-0.2, -0.15) is 4.98 Å². The van der Waals surface area contributed by atoms with Gasteiger partial charge in [0.25, 0.3) is 0 Å². The van der Waals surface area contributed by atoms with Crippen molar-refractivity contribution < 1.29 is 0 Å². The maximum Gasteiger partial charge on any atom is 0.222 e. The minimum atomic E-state index is 0.332. The number of nitrogens with one attached hydrogen (secondary N) is 1. The number of fused-ring (bicyclic) bond motifs is 1. The van der Waals surface area contributed by atoms with Gasteiger partial charge in [-0.15, -0.1) is 0 Å². The smallest absolute Gasteiger partial charge is 0.222 e. The summed E-state index contributed by atoms with van der Waals surface area (Å²) < 4.78 is 0. The highest BCUT2D eigenvalue weighted by Gasteiger charge is 2.16. The molecule has 5 nitrogen and oxygen atoms in total. The minimum absolute atomic E-state index is 0.332. The zero-order valence-corrected chi connectivity index (χ0v) is 10.8. The third-order valence-corrected chi connectivity index (χ3v) is 3.33. The van der Waals surface area contributed by atoms with Crippen LogP contribution in [0.15, 0.2) is 24.4 Å². The molecule has 1 aliphatic heterocycles. The first-order valence-electron chi connectivity index (χ1n) is 6.62. The summed E-state index contributed by atoms with van der Waals surface area (Å²) in [7, 11) is 0. The Hall–Kier alpha value is -2.17. The van der Waals surface area contributed by atoms with Crippen LogP contribution in [0.25, 0.3) is 0 Å². The van der Waals surface area contributed by atoms with Crippen LogP contribution >= 0.6 is 0 Å². The van der Waals surface area contributed by atoms with Gasteiger partial charge in [-0.1, -0.05) is 6.07 Å². The minimum Gasteiger partial charge on any atom is -0.370 e. The molecular weight excluding hydrogens is 238 g/mol. The summed E-state index contributed by atoms with van der Waals surface area (Å²) in [5, 5.41) is 3.34. The first-order chi connectivity index (χ1) is 9.33. The molecule has 1 aliphatic rings. The van der Waals surface area contributed by atoms with E-state index in [-0.39, 0.29) is 0 Å². The first kappa shape index (κ1) is 11.9. The normalized spacial score (nSPS) is 14.3. The van der Waals surface area contributed by atoms with Gasteiger partial charge in [0.05, 0.1) is 5.69 Å². The van der Waals surface area contributed by atoms with Crippen molar-refractivity contribution in [1.82, 2.24) is 15.0 Å². The predicted octanol–water partition coefficient (Wildman–Crippen LogP) is 1.79. The van der Waals surface area contributed by atoms with Crippen molar-refractivity contribution >= 4 is 11.8 Å². The molecule has 2 aromatic rings. The highest BCUT2D eigenvalue weighted by molar-refractivity contribution is 5.51. The SMILES string of the molecule is Nc1nc(Cc2ccccn2)c2c(n1)NCCCC2. The van der Waals surface area contributed by atoms with Crippen molar-refractivity contribution in [3.63, 3.8) is 0 Å². The molecule has 2 aromatic heterocycles. The molecule has 0 amide bonds. The number of aromatic nitrogens is 3. The Morgan fingerprint density at radius 2 is 2.16 bits per heavy atom. The summed E-state index contributed by atoms with van der Waals surface area (Å²) in [6, 6.07) is 5.92. The summed E-state index contributed by atoms with van der Waals surface area (Å²) >= 11 is 0. The Kier molecular flexibility index (Phi) is 3.27. The van der Waals surface area contributed by atoms with Gasteiger partial charge in [-0.05, 0) is 31.4 Å². The molecule has 3 rings (SSSR count). The second-order valence-electron chi connectivity index (χ2n) is 4.74. The van der Waals surface area contributed by atoms with Crippen LogP contribution in [0.1, 0.15) is 29.8 Å². The molecule has 98 valence electrons. The lowest BCUT2D eigenvalue weighted by atomic mass is 10.0. The number of anilines is 2. The fraction of sp³-hybridized carbons (Fsp3) is 0.357. The van der Waals surface area contributed by atoms with Crippen molar-refractivity contribution in [3.05, 3.63) is 41.3 Å². The third-order valence-electron chi connectivity index (χ3n) is 3.33. The van der Waals surface area contributed by atoms with Crippen molar-refractivity contribution in [1.29, 1.82) is 0 Å². The Morgan fingerprint density at radius 1 is 1.21 bits per heavy atom. The van der Waals surface area contributed by atoms with Crippen molar-refractivity contribution in [2.75, 3.05) is 17.6 Å². The van der Waals surface area contributed by atoms with E-state index in [0.29, 0.717) is 12.4 Å². The van der Waals surface area contributed by atoms with Gasteiger partial charge in [-0.25, -0.2) is 4.98 Å². The Bertz CT molecular complexity index is 568. The second kappa shape index (κ2) is 5.22. The molecule has 0 saturated heterocycles. The molecule has 0 unspecified atom stereocenters. The van der Waals surface area contributed by atoms with Crippen LogP contribution in [0.4, 0.5) is 11.8 Å². The van der Waals surface area contributed by atoms with Gasteiger partial charge in [0.2, 0.25) is 5.95 Å². The molecule has 0 bridgehead atoms. The van der Waals surface area contributed by atoms with E-state index in [4.69, 9.17) is 5.73 Å². The summed E-state index contributed by atoms with van der Waals surface area (Å²) in [6.07, 6.45) is 5.82. The summed E-state index contributed by atoms with van der Waals surface area (Å²) in [5.74, 6) is 1.23. The molecule has 0 saturated carbocycles. The van der Waals surface area contributed by atoms with Crippen molar-refractivity contribution in [3.8, 4) is 0 Å². The summed E-state index contributed by atoms with van der Waals surface area (Å²) in [6.45, 7) is 0.951. The second-order valence-corrected chi connectivity index (χ2v) is 4.74. The van der Waals surface area contributed by atoms with Gasteiger partial charge in [0.1, 0.15) is 5.82 Å². The Labute approximate surface area is 112 Å². The Balaban J connectivity index is 1.98.